The summed E-state index contributed by atoms with van der Waals surface area (Å²) in [5.41, 5.74) is 8.42. The number of aryl methyl sites for hydroxylation is 1. The molecule has 2 aromatic carbocycles. The second-order valence-corrected chi connectivity index (χ2v) is 4.73. The van der Waals surface area contributed by atoms with Gasteiger partial charge < -0.3 is 11.1 Å². The van der Waals surface area contributed by atoms with Gasteiger partial charge in [0, 0.05) is 6.54 Å². The summed E-state index contributed by atoms with van der Waals surface area (Å²) >= 11 is 0. The normalized spacial score (nSPS) is 10.3. The fourth-order valence-corrected chi connectivity index (χ4v) is 1.89. The zero-order valence-corrected chi connectivity index (χ0v) is 11.3. The maximum absolute atomic E-state index is 13.6. The van der Waals surface area contributed by atoms with Gasteiger partial charge in [-0.2, -0.15) is 0 Å². The van der Waals surface area contributed by atoms with E-state index in [4.69, 9.17) is 5.73 Å². The van der Waals surface area contributed by atoms with Crippen LogP contribution in [0.25, 0.3) is 0 Å². The van der Waals surface area contributed by atoms with E-state index in [2.05, 4.69) is 5.32 Å². The molecule has 0 unspecified atom stereocenters. The van der Waals surface area contributed by atoms with E-state index in [-0.39, 0.29) is 18.0 Å². The fraction of sp³-hybridized carbons (Fsp3) is 0.188. The SMILES string of the molecule is Cc1ccc(NC(=O)Cc2ccc(CN)cc2)c(F)c1. The number of hydrogen-bond donors (Lipinski definition) is 2. The van der Waals surface area contributed by atoms with E-state index < -0.39 is 5.82 Å². The summed E-state index contributed by atoms with van der Waals surface area (Å²) < 4.78 is 13.6. The summed E-state index contributed by atoms with van der Waals surface area (Å²) in [6, 6.07) is 12.2. The van der Waals surface area contributed by atoms with Gasteiger partial charge in [-0.1, -0.05) is 30.3 Å². The van der Waals surface area contributed by atoms with Crippen LogP contribution in [0.15, 0.2) is 42.5 Å². The largest absolute Gasteiger partial charge is 0.326 e. The smallest absolute Gasteiger partial charge is 0.228 e. The monoisotopic (exact) mass is 272 g/mol. The average molecular weight is 272 g/mol. The Bertz CT molecular complexity index is 608. The number of rotatable bonds is 4. The molecule has 0 atom stereocenters. The Kier molecular flexibility index (Phi) is 4.48. The van der Waals surface area contributed by atoms with E-state index >= 15 is 0 Å². The molecule has 2 aromatic rings. The van der Waals surface area contributed by atoms with E-state index in [0.717, 1.165) is 16.7 Å². The van der Waals surface area contributed by atoms with Crippen LogP contribution in [0.1, 0.15) is 16.7 Å². The topological polar surface area (TPSA) is 55.1 Å². The second kappa shape index (κ2) is 6.30. The van der Waals surface area contributed by atoms with Gasteiger partial charge >= 0.3 is 0 Å². The van der Waals surface area contributed by atoms with Crippen LogP contribution in [0.3, 0.4) is 0 Å². The summed E-state index contributed by atoms with van der Waals surface area (Å²) in [5.74, 6) is -0.662. The first-order valence-corrected chi connectivity index (χ1v) is 6.42. The van der Waals surface area contributed by atoms with E-state index in [1.54, 1.807) is 19.1 Å². The van der Waals surface area contributed by atoms with E-state index in [9.17, 15) is 9.18 Å². The van der Waals surface area contributed by atoms with Crippen molar-refractivity contribution in [3.63, 3.8) is 0 Å². The Morgan fingerprint density at radius 2 is 1.80 bits per heavy atom. The molecule has 0 bridgehead atoms. The van der Waals surface area contributed by atoms with Gasteiger partial charge in [0.15, 0.2) is 0 Å². The van der Waals surface area contributed by atoms with Crippen LogP contribution in [-0.2, 0) is 17.8 Å². The molecule has 2 rings (SSSR count). The number of anilines is 1. The molecule has 0 heterocycles. The maximum atomic E-state index is 13.6. The summed E-state index contributed by atoms with van der Waals surface area (Å²) in [5, 5.41) is 2.58. The number of carbonyl (C=O) groups excluding carboxylic acids is 1. The first-order chi connectivity index (χ1) is 9.58. The number of amides is 1. The molecule has 0 aliphatic carbocycles. The number of hydrogen-bond acceptors (Lipinski definition) is 2. The van der Waals surface area contributed by atoms with Crippen molar-refractivity contribution < 1.29 is 9.18 Å². The number of nitrogens with two attached hydrogens (primary N) is 1. The molecule has 0 aliphatic heterocycles. The lowest BCUT2D eigenvalue weighted by molar-refractivity contribution is -0.115. The van der Waals surface area contributed by atoms with Gasteiger partial charge in [0.25, 0.3) is 0 Å². The lowest BCUT2D eigenvalue weighted by Crippen LogP contribution is -2.15. The molecule has 4 heteroatoms. The highest BCUT2D eigenvalue weighted by molar-refractivity contribution is 5.92. The highest BCUT2D eigenvalue weighted by Gasteiger charge is 2.08. The van der Waals surface area contributed by atoms with Crippen LogP contribution < -0.4 is 11.1 Å². The highest BCUT2D eigenvalue weighted by Crippen LogP contribution is 2.15. The van der Waals surface area contributed by atoms with Crippen molar-refractivity contribution in [3.8, 4) is 0 Å². The summed E-state index contributed by atoms with van der Waals surface area (Å²) in [6.07, 6.45) is 0.207. The van der Waals surface area contributed by atoms with Gasteiger partial charge in [0.2, 0.25) is 5.91 Å². The minimum absolute atomic E-state index is 0.207. The molecule has 104 valence electrons. The van der Waals surface area contributed by atoms with Crippen LogP contribution in [0.4, 0.5) is 10.1 Å². The molecule has 0 aromatic heterocycles. The molecule has 0 fully saturated rings. The van der Waals surface area contributed by atoms with Crippen molar-refractivity contribution in [3.05, 3.63) is 65.0 Å². The van der Waals surface area contributed by atoms with Crippen LogP contribution in [-0.4, -0.2) is 5.91 Å². The first-order valence-electron chi connectivity index (χ1n) is 6.42. The number of halogens is 1. The molecule has 3 N–H and O–H groups in total. The second-order valence-electron chi connectivity index (χ2n) is 4.73. The quantitative estimate of drug-likeness (QED) is 0.899. The molecule has 3 nitrogen and oxygen atoms in total. The van der Waals surface area contributed by atoms with Gasteiger partial charge in [0.1, 0.15) is 5.82 Å². The maximum Gasteiger partial charge on any atom is 0.228 e. The third kappa shape index (κ3) is 3.65. The molecule has 0 spiro atoms. The Morgan fingerprint density at radius 3 is 2.40 bits per heavy atom. The van der Waals surface area contributed by atoms with Gasteiger partial charge in [-0.3, -0.25) is 4.79 Å². The molecule has 0 saturated heterocycles. The first kappa shape index (κ1) is 14.2. The highest BCUT2D eigenvalue weighted by atomic mass is 19.1. The lowest BCUT2D eigenvalue weighted by Gasteiger charge is -2.07. The van der Waals surface area contributed by atoms with E-state index in [0.29, 0.717) is 6.54 Å². The van der Waals surface area contributed by atoms with Crippen LogP contribution >= 0.6 is 0 Å². The van der Waals surface area contributed by atoms with E-state index in [1.807, 2.05) is 24.3 Å². The average Bonchev–Trinajstić information content (AvgIpc) is 2.43. The van der Waals surface area contributed by atoms with Gasteiger partial charge in [-0.15, -0.1) is 0 Å². The van der Waals surface area contributed by atoms with Crippen LogP contribution in [0, 0.1) is 12.7 Å². The molecule has 0 aliphatic rings. The number of nitrogens with one attached hydrogen (secondary N) is 1. The summed E-state index contributed by atoms with van der Waals surface area (Å²) in [4.78, 5) is 11.9. The van der Waals surface area contributed by atoms with Crippen molar-refractivity contribution >= 4 is 11.6 Å². The Hall–Kier alpha value is -2.20. The zero-order chi connectivity index (χ0) is 14.5. The lowest BCUT2D eigenvalue weighted by atomic mass is 10.1. The molecule has 0 radical (unpaired) electrons. The molecule has 20 heavy (non-hydrogen) atoms. The third-order valence-electron chi connectivity index (χ3n) is 3.02. The Balaban J connectivity index is 2.01. The molecule has 0 saturated carbocycles. The minimum atomic E-state index is -0.420. The Labute approximate surface area is 117 Å². The van der Waals surface area contributed by atoms with Gasteiger partial charge in [-0.05, 0) is 35.7 Å². The van der Waals surface area contributed by atoms with Crippen molar-refractivity contribution in [1.29, 1.82) is 0 Å². The van der Waals surface area contributed by atoms with Crippen molar-refractivity contribution in [1.82, 2.24) is 0 Å². The Morgan fingerprint density at radius 1 is 1.15 bits per heavy atom. The van der Waals surface area contributed by atoms with Crippen LogP contribution in [0.5, 0.6) is 0 Å². The standard InChI is InChI=1S/C16H17FN2O/c1-11-2-7-15(14(17)8-11)19-16(20)9-12-3-5-13(10-18)6-4-12/h2-8H,9-10,18H2,1H3,(H,19,20). The van der Waals surface area contributed by atoms with Crippen LogP contribution in [0.2, 0.25) is 0 Å². The van der Waals surface area contributed by atoms with Crippen molar-refractivity contribution in [2.24, 2.45) is 5.73 Å². The van der Waals surface area contributed by atoms with Gasteiger partial charge in [-0.25, -0.2) is 4.39 Å². The van der Waals surface area contributed by atoms with Crippen molar-refractivity contribution in [2.45, 2.75) is 19.9 Å². The predicted octanol–water partition coefficient (Wildman–Crippen LogP) is 2.77. The predicted molar refractivity (Wildman–Crippen MR) is 77.8 cm³/mol. The molecular weight excluding hydrogens is 255 g/mol. The van der Waals surface area contributed by atoms with Crippen molar-refractivity contribution in [2.75, 3.05) is 5.32 Å². The zero-order valence-electron chi connectivity index (χ0n) is 11.3. The third-order valence-corrected chi connectivity index (χ3v) is 3.02. The number of carbonyl (C=O) groups is 1. The summed E-state index contributed by atoms with van der Waals surface area (Å²) in [7, 11) is 0. The van der Waals surface area contributed by atoms with Gasteiger partial charge in [0.05, 0.1) is 12.1 Å². The fourth-order valence-electron chi connectivity index (χ4n) is 1.89. The molecule has 1 amide bonds. The molecular formula is C16H17FN2O. The minimum Gasteiger partial charge on any atom is -0.326 e. The summed E-state index contributed by atoms with van der Waals surface area (Å²) in [6.45, 7) is 2.27. The van der Waals surface area contributed by atoms with E-state index in [1.165, 1.54) is 6.07 Å². The number of benzene rings is 2.